The average Bonchev–Trinajstić information content (AvgIpc) is 2.77. The smallest absolute Gasteiger partial charge is 0.147 e. The number of fused-ring (bicyclic) bond motifs is 1. The molecule has 20 heavy (non-hydrogen) atoms. The first-order valence-electron chi connectivity index (χ1n) is 6.35. The van der Waals surface area contributed by atoms with Crippen LogP contribution < -0.4 is 10.6 Å². The maximum absolute atomic E-state index is 9.04. The summed E-state index contributed by atoms with van der Waals surface area (Å²) in [5.74, 6) is 1.30. The maximum Gasteiger partial charge on any atom is 0.147 e. The lowest BCUT2D eigenvalue weighted by molar-refractivity contribution is 0.566. The third kappa shape index (κ3) is 2.40. The van der Waals surface area contributed by atoms with E-state index in [0.717, 1.165) is 24.4 Å². The first-order valence-corrected chi connectivity index (χ1v) is 6.35. The molecule has 1 aliphatic rings. The van der Waals surface area contributed by atoms with E-state index in [1.807, 2.05) is 12.1 Å². The summed E-state index contributed by atoms with van der Waals surface area (Å²) in [6, 6.07) is 7.79. The van der Waals surface area contributed by atoms with Crippen LogP contribution in [0.2, 0.25) is 0 Å². The van der Waals surface area contributed by atoms with E-state index in [1.165, 1.54) is 0 Å². The second kappa shape index (κ2) is 5.61. The van der Waals surface area contributed by atoms with Crippen LogP contribution in [0.15, 0.2) is 24.4 Å². The second-order valence-corrected chi connectivity index (χ2v) is 5.06. The molecule has 5 nitrogen and oxygen atoms in total. The van der Waals surface area contributed by atoms with Gasteiger partial charge in [-0.1, -0.05) is 13.0 Å². The Labute approximate surface area is 123 Å². The first-order chi connectivity index (χ1) is 9.19. The largest absolute Gasteiger partial charge is 0.353 e. The van der Waals surface area contributed by atoms with E-state index in [9.17, 15) is 0 Å². The number of halogens is 1. The molecule has 2 atom stereocenters. The molecule has 2 unspecified atom stereocenters. The molecule has 104 valence electrons. The molecule has 3 rings (SSSR count). The number of anilines is 1. The van der Waals surface area contributed by atoms with Gasteiger partial charge in [0, 0.05) is 19.1 Å². The van der Waals surface area contributed by atoms with Gasteiger partial charge in [-0.2, -0.15) is 5.26 Å². The van der Waals surface area contributed by atoms with E-state index >= 15 is 0 Å². The Kier molecular flexibility index (Phi) is 4.07. The zero-order valence-corrected chi connectivity index (χ0v) is 12.0. The van der Waals surface area contributed by atoms with Crippen LogP contribution in [0.25, 0.3) is 11.0 Å². The highest BCUT2D eigenvalue weighted by Gasteiger charge is 2.27. The number of nitriles is 1. The van der Waals surface area contributed by atoms with Crippen LogP contribution >= 0.6 is 12.4 Å². The summed E-state index contributed by atoms with van der Waals surface area (Å²) in [7, 11) is 0. The van der Waals surface area contributed by atoms with E-state index in [2.05, 4.69) is 27.9 Å². The molecular weight excluding hydrogens is 274 g/mol. The Morgan fingerprint density at radius 1 is 1.40 bits per heavy atom. The average molecular weight is 290 g/mol. The second-order valence-electron chi connectivity index (χ2n) is 5.06. The standard InChI is InChI=1S/C14H15N5.ClH/c1-9-7-19(8-11(9)16)13-6-17-14-10(5-15)3-2-4-12(14)18-13;/h2-4,6,9,11H,7-8,16H2,1H3;1H. The topological polar surface area (TPSA) is 78.8 Å². The monoisotopic (exact) mass is 289 g/mol. The lowest BCUT2D eigenvalue weighted by Gasteiger charge is -2.16. The maximum atomic E-state index is 9.04. The van der Waals surface area contributed by atoms with Crippen LogP contribution in [-0.4, -0.2) is 29.1 Å². The molecule has 0 saturated carbocycles. The fourth-order valence-corrected chi connectivity index (χ4v) is 2.45. The first kappa shape index (κ1) is 14.5. The number of nitrogens with zero attached hydrogens (tertiary/aromatic N) is 4. The van der Waals surface area contributed by atoms with Crippen molar-refractivity contribution in [3.63, 3.8) is 0 Å². The lowest BCUT2D eigenvalue weighted by Crippen LogP contribution is -2.28. The Balaban J connectivity index is 0.00000147. The van der Waals surface area contributed by atoms with Gasteiger partial charge in [0.2, 0.25) is 0 Å². The van der Waals surface area contributed by atoms with E-state index in [1.54, 1.807) is 12.3 Å². The summed E-state index contributed by atoms with van der Waals surface area (Å²) in [4.78, 5) is 11.1. The minimum atomic E-state index is 0. The SMILES string of the molecule is CC1CN(c2cnc3c(C#N)cccc3n2)CC1N.Cl. The third-order valence-corrected chi connectivity index (χ3v) is 3.67. The predicted octanol–water partition coefficient (Wildman–Crippen LogP) is 1.71. The Morgan fingerprint density at radius 2 is 2.20 bits per heavy atom. The molecule has 0 bridgehead atoms. The molecule has 2 aromatic rings. The highest BCUT2D eigenvalue weighted by atomic mass is 35.5. The van der Waals surface area contributed by atoms with Crippen molar-refractivity contribution >= 4 is 29.3 Å². The molecule has 0 spiro atoms. The van der Waals surface area contributed by atoms with Crippen LogP contribution in [0.5, 0.6) is 0 Å². The van der Waals surface area contributed by atoms with Crippen molar-refractivity contribution in [3.05, 3.63) is 30.0 Å². The van der Waals surface area contributed by atoms with Crippen molar-refractivity contribution in [2.45, 2.75) is 13.0 Å². The van der Waals surface area contributed by atoms with Gasteiger partial charge in [0.15, 0.2) is 0 Å². The Hall–Kier alpha value is -1.90. The summed E-state index contributed by atoms with van der Waals surface area (Å²) in [5, 5.41) is 9.04. The number of aromatic nitrogens is 2. The quantitative estimate of drug-likeness (QED) is 0.864. The van der Waals surface area contributed by atoms with Crippen LogP contribution in [-0.2, 0) is 0 Å². The van der Waals surface area contributed by atoms with Crippen LogP contribution in [0.4, 0.5) is 5.82 Å². The van der Waals surface area contributed by atoms with Gasteiger partial charge < -0.3 is 10.6 Å². The van der Waals surface area contributed by atoms with Crippen molar-refractivity contribution in [2.75, 3.05) is 18.0 Å². The van der Waals surface area contributed by atoms with Gasteiger partial charge in [-0.3, -0.25) is 0 Å². The highest BCUT2D eigenvalue weighted by molar-refractivity contribution is 5.85. The molecule has 1 aromatic carbocycles. The minimum absolute atomic E-state index is 0. The molecule has 0 amide bonds. The van der Waals surface area contributed by atoms with Crippen LogP contribution in [0.1, 0.15) is 12.5 Å². The van der Waals surface area contributed by atoms with Crippen molar-refractivity contribution in [2.24, 2.45) is 11.7 Å². The number of nitrogens with two attached hydrogens (primary N) is 1. The Morgan fingerprint density at radius 3 is 2.85 bits per heavy atom. The van der Waals surface area contributed by atoms with Gasteiger partial charge in [0.05, 0.1) is 17.3 Å². The van der Waals surface area contributed by atoms with Gasteiger partial charge in [-0.05, 0) is 18.1 Å². The molecule has 1 fully saturated rings. The zero-order valence-electron chi connectivity index (χ0n) is 11.2. The molecule has 2 heterocycles. The van der Waals surface area contributed by atoms with E-state index in [4.69, 9.17) is 11.0 Å². The van der Waals surface area contributed by atoms with Gasteiger partial charge in [-0.15, -0.1) is 12.4 Å². The molecular formula is C14H16ClN5. The summed E-state index contributed by atoms with van der Waals surface area (Å²) >= 11 is 0. The number of rotatable bonds is 1. The normalized spacial score (nSPS) is 21.6. The van der Waals surface area contributed by atoms with Crippen molar-refractivity contribution in [1.82, 2.24) is 9.97 Å². The number of benzene rings is 1. The molecule has 2 N–H and O–H groups in total. The van der Waals surface area contributed by atoms with Crippen molar-refractivity contribution < 1.29 is 0 Å². The van der Waals surface area contributed by atoms with E-state index in [0.29, 0.717) is 17.0 Å². The van der Waals surface area contributed by atoms with Crippen LogP contribution in [0, 0.1) is 17.2 Å². The van der Waals surface area contributed by atoms with Crippen LogP contribution in [0.3, 0.4) is 0 Å². The number of para-hydroxylation sites is 1. The summed E-state index contributed by atoms with van der Waals surface area (Å²) < 4.78 is 0. The fraction of sp³-hybridized carbons (Fsp3) is 0.357. The minimum Gasteiger partial charge on any atom is -0.353 e. The zero-order chi connectivity index (χ0) is 13.4. The van der Waals surface area contributed by atoms with Gasteiger partial charge >= 0.3 is 0 Å². The molecule has 6 heteroatoms. The van der Waals surface area contributed by atoms with E-state index < -0.39 is 0 Å². The van der Waals surface area contributed by atoms with Gasteiger partial charge in [-0.25, -0.2) is 9.97 Å². The molecule has 0 aliphatic carbocycles. The highest BCUT2D eigenvalue weighted by Crippen LogP contribution is 2.23. The van der Waals surface area contributed by atoms with Gasteiger partial charge in [0.25, 0.3) is 0 Å². The molecule has 1 aliphatic heterocycles. The predicted molar refractivity (Wildman–Crippen MR) is 80.9 cm³/mol. The van der Waals surface area contributed by atoms with Crippen molar-refractivity contribution in [3.8, 4) is 6.07 Å². The summed E-state index contributed by atoms with van der Waals surface area (Å²) in [6.45, 7) is 3.85. The molecule has 1 saturated heterocycles. The number of hydrogen-bond acceptors (Lipinski definition) is 5. The number of hydrogen-bond donors (Lipinski definition) is 1. The van der Waals surface area contributed by atoms with Crippen molar-refractivity contribution in [1.29, 1.82) is 5.26 Å². The molecule has 0 radical (unpaired) electrons. The third-order valence-electron chi connectivity index (χ3n) is 3.67. The summed E-state index contributed by atoms with van der Waals surface area (Å²) in [5.41, 5.74) is 8.00. The van der Waals surface area contributed by atoms with Gasteiger partial charge in [0.1, 0.15) is 17.4 Å². The fourth-order valence-electron chi connectivity index (χ4n) is 2.45. The molecule has 1 aromatic heterocycles. The van der Waals surface area contributed by atoms with E-state index in [-0.39, 0.29) is 18.4 Å². The lowest BCUT2D eigenvalue weighted by atomic mass is 10.1. The Bertz CT molecular complexity index is 656. The summed E-state index contributed by atoms with van der Waals surface area (Å²) in [6.07, 6.45) is 1.73.